The van der Waals surface area contributed by atoms with Gasteiger partial charge in [0.15, 0.2) is 0 Å². The van der Waals surface area contributed by atoms with E-state index in [1.165, 1.54) is 5.56 Å². The molecule has 1 N–H and O–H groups in total. The van der Waals surface area contributed by atoms with Gasteiger partial charge in [-0.2, -0.15) is 0 Å². The number of rotatable bonds is 6. The molecule has 0 radical (unpaired) electrons. The molecule has 0 saturated carbocycles. The maximum Gasteiger partial charge on any atom is 0.0294 e. The summed E-state index contributed by atoms with van der Waals surface area (Å²) in [6.45, 7) is 10.5. The summed E-state index contributed by atoms with van der Waals surface area (Å²) < 4.78 is 0. The Morgan fingerprint density at radius 2 is 1.81 bits per heavy atom. The van der Waals surface area contributed by atoms with Gasteiger partial charge in [0.1, 0.15) is 0 Å². The van der Waals surface area contributed by atoms with Crippen molar-refractivity contribution in [1.82, 2.24) is 5.32 Å². The van der Waals surface area contributed by atoms with Crippen LogP contribution < -0.4 is 5.32 Å². The fourth-order valence-electron chi connectivity index (χ4n) is 1.87. The lowest BCUT2D eigenvalue weighted by atomic mass is 9.98. The van der Waals surface area contributed by atoms with Crippen molar-refractivity contribution in [2.75, 3.05) is 0 Å². The van der Waals surface area contributed by atoms with Crippen LogP contribution in [0.3, 0.4) is 0 Å². The second kappa shape index (κ2) is 6.49. The molecule has 2 atom stereocenters. The molecule has 1 heteroatoms. The minimum absolute atomic E-state index is 0.397. The first-order valence-electron chi connectivity index (χ1n) is 6.07. The highest BCUT2D eigenvalue weighted by molar-refractivity contribution is 5.18. The average molecular weight is 217 g/mol. The van der Waals surface area contributed by atoms with Gasteiger partial charge in [-0.25, -0.2) is 0 Å². The van der Waals surface area contributed by atoms with Crippen LogP contribution in [0.1, 0.15) is 38.8 Å². The topological polar surface area (TPSA) is 12.0 Å². The van der Waals surface area contributed by atoms with Crippen molar-refractivity contribution in [3.63, 3.8) is 0 Å². The Balaban J connectivity index is 2.61. The van der Waals surface area contributed by atoms with E-state index >= 15 is 0 Å². The van der Waals surface area contributed by atoms with E-state index in [1.54, 1.807) is 0 Å². The molecule has 0 aromatic heterocycles. The Morgan fingerprint density at radius 1 is 1.19 bits per heavy atom. The Bertz CT molecular complexity index is 302. The van der Waals surface area contributed by atoms with E-state index in [0.29, 0.717) is 18.0 Å². The summed E-state index contributed by atoms with van der Waals surface area (Å²) in [4.78, 5) is 0. The molecule has 0 bridgehead atoms. The highest BCUT2D eigenvalue weighted by Gasteiger charge is 2.14. The second-order valence-electron chi connectivity index (χ2n) is 4.67. The summed E-state index contributed by atoms with van der Waals surface area (Å²) in [7, 11) is 0. The van der Waals surface area contributed by atoms with Gasteiger partial charge in [0.2, 0.25) is 0 Å². The lowest BCUT2D eigenvalue weighted by molar-refractivity contribution is 0.367. The quantitative estimate of drug-likeness (QED) is 0.712. The van der Waals surface area contributed by atoms with Gasteiger partial charge in [-0.3, -0.25) is 0 Å². The third-order valence-electron chi connectivity index (χ3n) is 2.99. The molecule has 1 nitrogen and oxygen atoms in total. The van der Waals surface area contributed by atoms with Crippen LogP contribution in [-0.2, 0) is 0 Å². The number of nitrogens with one attached hydrogen (secondary N) is 1. The Hall–Kier alpha value is -1.08. The molecular weight excluding hydrogens is 194 g/mol. The summed E-state index contributed by atoms with van der Waals surface area (Å²) in [6, 6.07) is 11.5. The molecule has 88 valence electrons. The van der Waals surface area contributed by atoms with Crippen LogP contribution in [0.2, 0.25) is 0 Å². The zero-order valence-electron chi connectivity index (χ0n) is 10.6. The lowest BCUT2D eigenvalue weighted by Gasteiger charge is -2.25. The Morgan fingerprint density at radius 3 is 2.31 bits per heavy atom. The second-order valence-corrected chi connectivity index (χ2v) is 4.67. The number of benzene rings is 1. The van der Waals surface area contributed by atoms with Gasteiger partial charge < -0.3 is 5.32 Å². The molecule has 1 aromatic carbocycles. The Kier molecular flexibility index (Phi) is 5.27. The largest absolute Gasteiger partial charge is 0.307 e. The SMILES string of the molecule is C=CC[C@@H](N[C@H](C)c1ccccc1)C(C)C. The van der Waals surface area contributed by atoms with Gasteiger partial charge in [-0.05, 0) is 24.8 Å². The zero-order chi connectivity index (χ0) is 12.0. The summed E-state index contributed by atoms with van der Waals surface area (Å²) in [5.74, 6) is 0.629. The van der Waals surface area contributed by atoms with Crippen LogP contribution in [0.5, 0.6) is 0 Å². The van der Waals surface area contributed by atoms with Crippen LogP contribution in [0.15, 0.2) is 43.0 Å². The van der Waals surface area contributed by atoms with Crippen molar-refractivity contribution in [2.45, 2.75) is 39.3 Å². The molecular formula is C15H23N. The molecule has 0 aliphatic carbocycles. The molecule has 1 rings (SSSR count). The molecule has 1 aromatic rings. The number of hydrogen-bond acceptors (Lipinski definition) is 1. The van der Waals surface area contributed by atoms with Gasteiger partial charge in [0.05, 0.1) is 0 Å². The lowest BCUT2D eigenvalue weighted by Crippen LogP contribution is -2.35. The van der Waals surface area contributed by atoms with E-state index in [1.807, 2.05) is 6.08 Å². The van der Waals surface area contributed by atoms with Crippen molar-refractivity contribution >= 4 is 0 Å². The third-order valence-corrected chi connectivity index (χ3v) is 2.99. The fraction of sp³-hybridized carbons (Fsp3) is 0.467. The molecule has 0 heterocycles. The molecule has 0 aliphatic rings. The van der Waals surface area contributed by atoms with Gasteiger partial charge >= 0.3 is 0 Å². The van der Waals surface area contributed by atoms with Crippen LogP contribution >= 0.6 is 0 Å². The van der Waals surface area contributed by atoms with Crippen LogP contribution in [0.25, 0.3) is 0 Å². The predicted molar refractivity (Wildman–Crippen MR) is 71.4 cm³/mol. The van der Waals surface area contributed by atoms with E-state index in [-0.39, 0.29) is 0 Å². The van der Waals surface area contributed by atoms with Crippen molar-refractivity contribution in [3.8, 4) is 0 Å². The smallest absolute Gasteiger partial charge is 0.0294 e. The maximum absolute atomic E-state index is 3.82. The summed E-state index contributed by atoms with van der Waals surface area (Å²) in [5.41, 5.74) is 1.34. The van der Waals surface area contributed by atoms with E-state index in [9.17, 15) is 0 Å². The first-order chi connectivity index (χ1) is 7.65. The Labute approximate surface area is 99.6 Å². The highest BCUT2D eigenvalue weighted by atomic mass is 14.9. The van der Waals surface area contributed by atoms with Gasteiger partial charge in [-0.15, -0.1) is 6.58 Å². The van der Waals surface area contributed by atoms with Crippen molar-refractivity contribution in [2.24, 2.45) is 5.92 Å². The molecule has 0 unspecified atom stereocenters. The van der Waals surface area contributed by atoms with Gasteiger partial charge in [0.25, 0.3) is 0 Å². The summed E-state index contributed by atoms with van der Waals surface area (Å²) >= 11 is 0. The minimum Gasteiger partial charge on any atom is -0.307 e. The van der Waals surface area contributed by atoms with Gasteiger partial charge in [0, 0.05) is 12.1 Å². The molecule has 0 fully saturated rings. The normalized spacial score (nSPS) is 14.8. The molecule has 0 aliphatic heterocycles. The molecule has 0 amide bonds. The zero-order valence-corrected chi connectivity index (χ0v) is 10.6. The summed E-state index contributed by atoms with van der Waals surface area (Å²) in [6.07, 6.45) is 3.02. The first-order valence-corrected chi connectivity index (χ1v) is 6.07. The standard InChI is InChI=1S/C15H23N/c1-5-9-15(12(2)3)16-13(4)14-10-7-6-8-11-14/h5-8,10-13,15-16H,1,9H2,2-4H3/t13-,15-/m1/s1. The monoisotopic (exact) mass is 217 g/mol. The molecule has 0 saturated heterocycles. The van der Waals surface area contributed by atoms with Crippen LogP contribution in [-0.4, -0.2) is 6.04 Å². The van der Waals surface area contributed by atoms with E-state index in [4.69, 9.17) is 0 Å². The average Bonchev–Trinajstić information content (AvgIpc) is 2.29. The fourth-order valence-corrected chi connectivity index (χ4v) is 1.87. The highest BCUT2D eigenvalue weighted by Crippen LogP contribution is 2.16. The van der Waals surface area contributed by atoms with E-state index in [2.05, 4.69) is 63.0 Å². The minimum atomic E-state index is 0.397. The van der Waals surface area contributed by atoms with E-state index in [0.717, 1.165) is 6.42 Å². The predicted octanol–water partition coefficient (Wildman–Crippen LogP) is 3.94. The number of hydrogen-bond donors (Lipinski definition) is 1. The molecule has 0 spiro atoms. The third kappa shape index (κ3) is 3.82. The summed E-state index contributed by atoms with van der Waals surface area (Å²) in [5, 5.41) is 3.66. The van der Waals surface area contributed by atoms with Crippen LogP contribution in [0, 0.1) is 5.92 Å². The van der Waals surface area contributed by atoms with Crippen molar-refractivity contribution in [3.05, 3.63) is 48.6 Å². The van der Waals surface area contributed by atoms with Crippen molar-refractivity contribution < 1.29 is 0 Å². The van der Waals surface area contributed by atoms with E-state index < -0.39 is 0 Å². The van der Waals surface area contributed by atoms with Crippen LogP contribution in [0.4, 0.5) is 0 Å². The first kappa shape index (κ1) is 13.0. The maximum atomic E-state index is 3.82. The molecule has 16 heavy (non-hydrogen) atoms. The van der Waals surface area contributed by atoms with Gasteiger partial charge in [-0.1, -0.05) is 50.3 Å². The van der Waals surface area contributed by atoms with Crippen molar-refractivity contribution in [1.29, 1.82) is 0 Å².